The number of hydrogen-bond donors (Lipinski definition) is 2. The number of nitrogens with two attached hydrogens (primary N) is 1. The van der Waals surface area contributed by atoms with E-state index < -0.39 is 0 Å². The summed E-state index contributed by atoms with van der Waals surface area (Å²) < 4.78 is 5.39. The summed E-state index contributed by atoms with van der Waals surface area (Å²) in [6.07, 6.45) is 3.24. The molecule has 0 radical (unpaired) electrons. The summed E-state index contributed by atoms with van der Waals surface area (Å²) in [6.45, 7) is 3.74. The fourth-order valence-electron chi connectivity index (χ4n) is 1.77. The molecule has 0 saturated carbocycles. The molecular weight excluding hydrogens is 166 g/mol. The quantitative estimate of drug-likeness (QED) is 0.496. The van der Waals surface area contributed by atoms with Crippen LogP contribution in [0.2, 0.25) is 0 Å². The molecule has 0 aromatic carbocycles. The van der Waals surface area contributed by atoms with Gasteiger partial charge in [-0.05, 0) is 12.8 Å². The summed E-state index contributed by atoms with van der Waals surface area (Å²) in [5, 5.41) is 3.25. The molecule has 0 aromatic rings. The largest absolute Gasteiger partial charge is 0.379 e. The van der Waals surface area contributed by atoms with Crippen molar-refractivity contribution >= 4 is 5.96 Å². The average molecular weight is 185 g/mol. The third kappa shape index (κ3) is 2.59. The van der Waals surface area contributed by atoms with Gasteiger partial charge in [0.05, 0.1) is 12.1 Å². The molecule has 4 heteroatoms. The van der Waals surface area contributed by atoms with Gasteiger partial charge in [0.15, 0.2) is 5.96 Å². The van der Waals surface area contributed by atoms with Gasteiger partial charge in [-0.3, -0.25) is 4.99 Å². The van der Waals surface area contributed by atoms with Crippen molar-refractivity contribution in [3.05, 3.63) is 0 Å². The number of ether oxygens (including phenoxy) is 1. The number of nitrogens with one attached hydrogen (secondary N) is 1. The van der Waals surface area contributed by atoms with Gasteiger partial charge in [-0.2, -0.15) is 0 Å². The van der Waals surface area contributed by atoms with Crippen molar-refractivity contribution < 1.29 is 4.74 Å². The van der Waals surface area contributed by atoms with E-state index in [0.29, 0.717) is 5.96 Å². The fourth-order valence-corrected chi connectivity index (χ4v) is 1.77. The summed E-state index contributed by atoms with van der Waals surface area (Å²) in [5.41, 5.74) is 5.69. The van der Waals surface area contributed by atoms with Crippen LogP contribution >= 0.6 is 0 Å². The van der Waals surface area contributed by atoms with Crippen LogP contribution in [-0.2, 0) is 4.74 Å². The van der Waals surface area contributed by atoms with Gasteiger partial charge >= 0.3 is 0 Å². The van der Waals surface area contributed by atoms with Crippen LogP contribution in [0, 0.1) is 0 Å². The summed E-state index contributed by atoms with van der Waals surface area (Å²) in [4.78, 5) is 3.91. The number of guanidine groups is 1. The molecule has 0 bridgehead atoms. The number of nitrogens with zero attached hydrogens (tertiary/aromatic N) is 1. The van der Waals surface area contributed by atoms with E-state index in [9.17, 15) is 0 Å². The van der Waals surface area contributed by atoms with Crippen molar-refractivity contribution in [3.8, 4) is 0 Å². The van der Waals surface area contributed by atoms with E-state index in [2.05, 4.69) is 17.2 Å². The molecule has 0 amide bonds. The predicted octanol–water partition coefficient (Wildman–Crippen LogP) is 0.480. The minimum atomic E-state index is 0.0400. The summed E-state index contributed by atoms with van der Waals surface area (Å²) in [5.74, 6) is 0.513. The highest BCUT2D eigenvalue weighted by Crippen LogP contribution is 2.23. The molecule has 4 nitrogen and oxygen atoms in total. The van der Waals surface area contributed by atoms with Crippen molar-refractivity contribution in [1.82, 2.24) is 5.32 Å². The molecule has 0 aliphatic carbocycles. The standard InChI is InChI=1S/C9H19N3O/c1-3-4-9(5-6-13-7-9)12-8(10)11-2/h3-7H2,1-2H3,(H3,10,11,12). The Bertz CT molecular complexity index is 185. The number of hydrogen-bond acceptors (Lipinski definition) is 2. The molecular formula is C9H19N3O. The Morgan fingerprint density at radius 2 is 2.46 bits per heavy atom. The first-order chi connectivity index (χ1) is 6.22. The van der Waals surface area contributed by atoms with E-state index in [0.717, 1.165) is 32.5 Å². The lowest BCUT2D eigenvalue weighted by Gasteiger charge is -2.28. The van der Waals surface area contributed by atoms with Gasteiger partial charge in [0.2, 0.25) is 0 Å². The maximum Gasteiger partial charge on any atom is 0.188 e. The number of rotatable bonds is 3. The normalized spacial score (nSPS) is 29.2. The zero-order chi connectivity index (χ0) is 9.73. The second-order valence-corrected chi connectivity index (χ2v) is 3.57. The highest BCUT2D eigenvalue weighted by Gasteiger charge is 2.34. The maximum absolute atomic E-state index is 5.65. The van der Waals surface area contributed by atoms with Crippen molar-refractivity contribution in [2.45, 2.75) is 31.7 Å². The van der Waals surface area contributed by atoms with Gasteiger partial charge in [-0.15, -0.1) is 0 Å². The molecule has 76 valence electrons. The first kappa shape index (κ1) is 10.3. The molecule has 1 saturated heterocycles. The highest BCUT2D eigenvalue weighted by molar-refractivity contribution is 5.78. The minimum Gasteiger partial charge on any atom is -0.379 e. The molecule has 1 aliphatic heterocycles. The Kier molecular flexibility index (Phi) is 3.54. The lowest BCUT2D eigenvalue weighted by Crippen LogP contribution is -2.51. The van der Waals surface area contributed by atoms with E-state index in [1.165, 1.54) is 0 Å². The maximum atomic E-state index is 5.65. The molecule has 1 heterocycles. The molecule has 1 unspecified atom stereocenters. The van der Waals surface area contributed by atoms with E-state index >= 15 is 0 Å². The summed E-state index contributed by atoms with van der Waals surface area (Å²) in [6, 6.07) is 0. The van der Waals surface area contributed by atoms with Crippen LogP contribution in [0.1, 0.15) is 26.2 Å². The van der Waals surface area contributed by atoms with E-state index in [4.69, 9.17) is 10.5 Å². The molecule has 3 N–H and O–H groups in total. The Hall–Kier alpha value is -0.770. The predicted molar refractivity (Wildman–Crippen MR) is 53.8 cm³/mol. The topological polar surface area (TPSA) is 59.6 Å². The van der Waals surface area contributed by atoms with Crippen LogP contribution in [0.3, 0.4) is 0 Å². The second-order valence-electron chi connectivity index (χ2n) is 3.57. The minimum absolute atomic E-state index is 0.0400. The van der Waals surface area contributed by atoms with Crippen LogP contribution in [0.5, 0.6) is 0 Å². The Morgan fingerprint density at radius 1 is 1.69 bits per heavy atom. The van der Waals surface area contributed by atoms with Crippen LogP contribution in [-0.4, -0.2) is 31.8 Å². The van der Waals surface area contributed by atoms with Gasteiger partial charge in [0.25, 0.3) is 0 Å². The van der Waals surface area contributed by atoms with Gasteiger partial charge in [-0.1, -0.05) is 13.3 Å². The smallest absolute Gasteiger partial charge is 0.188 e. The molecule has 1 atom stereocenters. The van der Waals surface area contributed by atoms with Crippen LogP contribution in [0.25, 0.3) is 0 Å². The first-order valence-electron chi connectivity index (χ1n) is 4.80. The molecule has 0 spiro atoms. The highest BCUT2D eigenvalue weighted by atomic mass is 16.5. The third-order valence-electron chi connectivity index (χ3n) is 2.47. The third-order valence-corrected chi connectivity index (χ3v) is 2.47. The van der Waals surface area contributed by atoms with Crippen LogP contribution in [0.15, 0.2) is 4.99 Å². The van der Waals surface area contributed by atoms with Gasteiger partial charge in [0, 0.05) is 13.7 Å². The summed E-state index contributed by atoms with van der Waals surface area (Å²) in [7, 11) is 1.69. The second kappa shape index (κ2) is 4.46. The van der Waals surface area contributed by atoms with Gasteiger partial charge in [0.1, 0.15) is 0 Å². The van der Waals surface area contributed by atoms with E-state index in [-0.39, 0.29) is 5.54 Å². The van der Waals surface area contributed by atoms with Crippen molar-refractivity contribution in [3.63, 3.8) is 0 Å². The first-order valence-corrected chi connectivity index (χ1v) is 4.80. The van der Waals surface area contributed by atoms with Crippen LogP contribution < -0.4 is 11.1 Å². The Balaban J connectivity index is 2.56. The molecule has 13 heavy (non-hydrogen) atoms. The molecule has 0 aromatic heterocycles. The van der Waals surface area contributed by atoms with Gasteiger partial charge in [-0.25, -0.2) is 0 Å². The molecule has 1 fully saturated rings. The Labute approximate surface area is 79.6 Å². The lowest BCUT2D eigenvalue weighted by molar-refractivity contribution is 0.169. The Morgan fingerprint density at radius 3 is 2.92 bits per heavy atom. The number of aliphatic imine (C=N–C) groups is 1. The van der Waals surface area contributed by atoms with Crippen molar-refractivity contribution in [1.29, 1.82) is 0 Å². The van der Waals surface area contributed by atoms with E-state index in [1.54, 1.807) is 7.05 Å². The average Bonchev–Trinajstić information content (AvgIpc) is 2.54. The molecule has 1 rings (SSSR count). The lowest BCUT2D eigenvalue weighted by atomic mass is 9.93. The summed E-state index contributed by atoms with van der Waals surface area (Å²) >= 11 is 0. The van der Waals surface area contributed by atoms with Crippen molar-refractivity contribution in [2.75, 3.05) is 20.3 Å². The monoisotopic (exact) mass is 185 g/mol. The zero-order valence-electron chi connectivity index (χ0n) is 8.47. The SMILES string of the molecule is CCCC1(NC(N)=NC)CCOC1. The molecule has 1 aliphatic rings. The van der Waals surface area contributed by atoms with Crippen LogP contribution in [0.4, 0.5) is 0 Å². The van der Waals surface area contributed by atoms with Gasteiger partial charge < -0.3 is 15.8 Å². The van der Waals surface area contributed by atoms with Crippen molar-refractivity contribution in [2.24, 2.45) is 10.7 Å². The van der Waals surface area contributed by atoms with E-state index in [1.807, 2.05) is 0 Å². The fraction of sp³-hybridized carbons (Fsp3) is 0.889. The zero-order valence-corrected chi connectivity index (χ0v) is 8.47.